The largest absolute Gasteiger partial charge is 0.508 e. The third-order valence-corrected chi connectivity index (χ3v) is 4.81. The van der Waals surface area contributed by atoms with Crippen molar-refractivity contribution in [2.75, 3.05) is 20.6 Å². The second kappa shape index (κ2) is 8.23. The smallest absolute Gasteiger partial charge is 0.335 e. The molecule has 1 atom stereocenters. The number of aromatic carboxylic acids is 1. The van der Waals surface area contributed by atoms with Gasteiger partial charge in [-0.15, -0.1) is 0 Å². The van der Waals surface area contributed by atoms with E-state index in [1.165, 1.54) is 11.1 Å². The Hall–Kier alpha value is -2.85. The number of aromatic hydroxyl groups is 1. The zero-order valence-corrected chi connectivity index (χ0v) is 15.7. The van der Waals surface area contributed by atoms with E-state index in [1.807, 2.05) is 24.3 Å². The average molecular weight is 363 g/mol. The monoisotopic (exact) mass is 363 g/mol. The van der Waals surface area contributed by atoms with Crippen LogP contribution in [0.1, 0.15) is 34.3 Å². The molecule has 0 bridgehead atoms. The number of hydrogen-bond donors (Lipinski definition) is 2. The highest BCUT2D eigenvalue weighted by Gasteiger charge is 2.22. The fourth-order valence-corrected chi connectivity index (χ4v) is 3.61. The van der Waals surface area contributed by atoms with Crippen LogP contribution in [0.3, 0.4) is 0 Å². The van der Waals surface area contributed by atoms with Gasteiger partial charge in [0, 0.05) is 6.54 Å². The SMILES string of the molecule is CN(C)CC1CC/C(=C\c2cccc(C(=O)O)c2)C=C1c1cccc(O)c1. The molecular weight excluding hydrogens is 338 g/mol. The predicted molar refractivity (Wildman–Crippen MR) is 109 cm³/mol. The molecule has 0 saturated heterocycles. The first-order chi connectivity index (χ1) is 12.9. The van der Waals surface area contributed by atoms with Gasteiger partial charge in [-0.2, -0.15) is 0 Å². The normalized spacial score (nSPS) is 18.6. The number of nitrogens with zero attached hydrogens (tertiary/aromatic N) is 1. The topological polar surface area (TPSA) is 60.8 Å². The molecule has 0 heterocycles. The summed E-state index contributed by atoms with van der Waals surface area (Å²) < 4.78 is 0. The second-order valence-electron chi connectivity index (χ2n) is 7.30. The Morgan fingerprint density at radius 2 is 1.96 bits per heavy atom. The average Bonchev–Trinajstić information content (AvgIpc) is 2.63. The van der Waals surface area contributed by atoms with E-state index in [-0.39, 0.29) is 5.75 Å². The standard InChI is InChI=1S/C23H25NO3/c1-24(2)15-20-10-9-17(11-16-5-3-7-19(12-16)23(26)27)13-22(20)18-6-4-8-21(25)14-18/h3-8,11-14,20,25H,9-10,15H2,1-2H3,(H,26,27)/b17-11+. The minimum atomic E-state index is -0.916. The van der Waals surface area contributed by atoms with Crippen molar-refractivity contribution in [2.24, 2.45) is 5.92 Å². The first kappa shape index (κ1) is 18.9. The highest BCUT2D eigenvalue weighted by Crippen LogP contribution is 2.36. The van der Waals surface area contributed by atoms with Crippen molar-refractivity contribution < 1.29 is 15.0 Å². The van der Waals surface area contributed by atoms with Gasteiger partial charge in [-0.05, 0) is 79.4 Å². The van der Waals surface area contributed by atoms with Crippen LogP contribution in [-0.2, 0) is 0 Å². The molecule has 4 nitrogen and oxygen atoms in total. The van der Waals surface area contributed by atoms with Crippen molar-refractivity contribution in [3.05, 3.63) is 76.9 Å². The molecule has 2 N–H and O–H groups in total. The summed E-state index contributed by atoms with van der Waals surface area (Å²) in [6.07, 6.45) is 6.21. The van der Waals surface area contributed by atoms with E-state index < -0.39 is 5.97 Å². The maximum absolute atomic E-state index is 11.2. The summed E-state index contributed by atoms with van der Waals surface area (Å²) in [6, 6.07) is 14.4. The van der Waals surface area contributed by atoms with Crippen molar-refractivity contribution >= 4 is 17.6 Å². The molecule has 0 amide bonds. The third-order valence-electron chi connectivity index (χ3n) is 4.81. The van der Waals surface area contributed by atoms with Crippen LogP contribution < -0.4 is 0 Å². The van der Waals surface area contributed by atoms with Crippen molar-refractivity contribution in [2.45, 2.75) is 12.8 Å². The number of rotatable bonds is 5. The molecule has 27 heavy (non-hydrogen) atoms. The lowest BCUT2D eigenvalue weighted by Crippen LogP contribution is -2.24. The minimum absolute atomic E-state index is 0.266. The Balaban J connectivity index is 1.98. The zero-order valence-electron chi connectivity index (χ0n) is 15.7. The van der Waals surface area contributed by atoms with Crippen LogP contribution in [-0.4, -0.2) is 41.7 Å². The molecular formula is C23H25NO3. The Bertz CT molecular complexity index is 896. The molecule has 1 aliphatic carbocycles. The van der Waals surface area contributed by atoms with E-state index in [0.717, 1.165) is 30.5 Å². The van der Waals surface area contributed by atoms with E-state index in [9.17, 15) is 15.0 Å². The fourth-order valence-electron chi connectivity index (χ4n) is 3.61. The first-order valence-electron chi connectivity index (χ1n) is 9.12. The van der Waals surface area contributed by atoms with E-state index in [1.54, 1.807) is 24.3 Å². The summed E-state index contributed by atoms with van der Waals surface area (Å²) in [4.78, 5) is 13.4. The zero-order chi connectivity index (χ0) is 19.4. The maximum Gasteiger partial charge on any atom is 0.335 e. The van der Waals surface area contributed by atoms with Gasteiger partial charge in [0.2, 0.25) is 0 Å². The molecule has 3 rings (SSSR count). The Kier molecular flexibility index (Phi) is 5.77. The number of carboxylic acids is 1. The minimum Gasteiger partial charge on any atom is -0.508 e. The Labute approximate surface area is 160 Å². The van der Waals surface area contributed by atoms with E-state index in [0.29, 0.717) is 11.5 Å². The molecule has 0 aliphatic heterocycles. The van der Waals surface area contributed by atoms with E-state index in [4.69, 9.17) is 0 Å². The van der Waals surface area contributed by atoms with Crippen molar-refractivity contribution in [3.63, 3.8) is 0 Å². The van der Waals surface area contributed by atoms with E-state index in [2.05, 4.69) is 31.1 Å². The molecule has 4 heteroatoms. The molecule has 0 spiro atoms. The lowest BCUT2D eigenvalue weighted by molar-refractivity contribution is 0.0697. The van der Waals surface area contributed by atoms with Crippen LogP contribution in [0.4, 0.5) is 0 Å². The van der Waals surface area contributed by atoms with Gasteiger partial charge < -0.3 is 15.1 Å². The maximum atomic E-state index is 11.2. The number of phenolic OH excluding ortho intramolecular Hbond substituents is 1. The van der Waals surface area contributed by atoms with Gasteiger partial charge in [-0.1, -0.05) is 36.4 Å². The molecule has 2 aromatic rings. The van der Waals surface area contributed by atoms with Gasteiger partial charge in [-0.3, -0.25) is 0 Å². The van der Waals surface area contributed by atoms with Crippen molar-refractivity contribution in [1.82, 2.24) is 4.90 Å². The second-order valence-corrected chi connectivity index (χ2v) is 7.30. The highest BCUT2D eigenvalue weighted by atomic mass is 16.4. The number of carbonyl (C=O) groups is 1. The van der Waals surface area contributed by atoms with Gasteiger partial charge in [0.1, 0.15) is 5.75 Å². The molecule has 140 valence electrons. The van der Waals surface area contributed by atoms with Gasteiger partial charge in [0.25, 0.3) is 0 Å². The summed E-state index contributed by atoms with van der Waals surface area (Å²) in [5.74, 6) is -0.257. The van der Waals surface area contributed by atoms with Gasteiger partial charge in [-0.25, -0.2) is 4.79 Å². The van der Waals surface area contributed by atoms with Gasteiger partial charge >= 0.3 is 5.97 Å². The highest BCUT2D eigenvalue weighted by molar-refractivity contribution is 5.88. The Morgan fingerprint density at radius 1 is 1.19 bits per heavy atom. The number of hydrogen-bond acceptors (Lipinski definition) is 3. The summed E-state index contributed by atoms with van der Waals surface area (Å²) >= 11 is 0. The first-order valence-corrected chi connectivity index (χ1v) is 9.12. The Morgan fingerprint density at radius 3 is 2.67 bits per heavy atom. The third kappa shape index (κ3) is 4.86. The van der Waals surface area contributed by atoms with Crippen LogP contribution in [0.2, 0.25) is 0 Å². The number of carboxylic acid groups (broad SMARTS) is 1. The predicted octanol–water partition coefficient (Wildman–Crippen LogP) is 4.53. The number of benzene rings is 2. The lowest BCUT2D eigenvalue weighted by atomic mass is 9.81. The van der Waals surface area contributed by atoms with Crippen LogP contribution in [0, 0.1) is 5.92 Å². The molecule has 0 radical (unpaired) electrons. The molecule has 0 aromatic heterocycles. The summed E-state index contributed by atoms with van der Waals surface area (Å²) in [7, 11) is 4.14. The number of allylic oxidation sites excluding steroid dienone is 2. The number of phenols is 1. The van der Waals surface area contributed by atoms with Crippen LogP contribution in [0.5, 0.6) is 5.75 Å². The molecule has 2 aromatic carbocycles. The fraction of sp³-hybridized carbons (Fsp3) is 0.261. The quantitative estimate of drug-likeness (QED) is 0.819. The van der Waals surface area contributed by atoms with Crippen LogP contribution >= 0.6 is 0 Å². The molecule has 0 fully saturated rings. The summed E-state index contributed by atoms with van der Waals surface area (Å²) in [6.45, 7) is 0.948. The van der Waals surface area contributed by atoms with Gasteiger partial charge in [0.15, 0.2) is 0 Å². The molecule has 1 aliphatic rings. The van der Waals surface area contributed by atoms with Crippen molar-refractivity contribution in [3.8, 4) is 5.75 Å². The molecule has 1 unspecified atom stereocenters. The van der Waals surface area contributed by atoms with Crippen LogP contribution in [0.25, 0.3) is 11.6 Å². The molecule has 0 saturated carbocycles. The summed E-state index contributed by atoms with van der Waals surface area (Å²) in [5.41, 5.74) is 4.61. The van der Waals surface area contributed by atoms with Gasteiger partial charge in [0.05, 0.1) is 5.56 Å². The van der Waals surface area contributed by atoms with E-state index >= 15 is 0 Å². The lowest BCUT2D eigenvalue weighted by Gasteiger charge is -2.28. The van der Waals surface area contributed by atoms with Crippen LogP contribution in [0.15, 0.2) is 60.2 Å². The summed E-state index contributed by atoms with van der Waals surface area (Å²) in [5, 5.41) is 19.1. The van der Waals surface area contributed by atoms with Crippen molar-refractivity contribution in [1.29, 1.82) is 0 Å².